The minimum Gasteiger partial charge on any atom is -0.504 e. The Kier molecular flexibility index (Phi) is 4.03. The monoisotopic (exact) mass is 446 g/mol. The zero-order valence-corrected chi connectivity index (χ0v) is 19.2. The molecular formula is C25H34O7. The fourth-order valence-corrected chi connectivity index (χ4v) is 8.39. The van der Waals surface area contributed by atoms with Crippen molar-refractivity contribution in [2.75, 3.05) is 6.61 Å². The Morgan fingerprint density at radius 1 is 1.09 bits per heavy atom. The molecule has 9 atom stereocenters. The van der Waals surface area contributed by atoms with Crippen LogP contribution in [-0.4, -0.2) is 62.5 Å². The Morgan fingerprint density at radius 2 is 1.81 bits per heavy atom. The predicted molar refractivity (Wildman–Crippen MR) is 113 cm³/mol. The van der Waals surface area contributed by atoms with E-state index >= 15 is 0 Å². The molecule has 0 aromatic heterocycles. The summed E-state index contributed by atoms with van der Waals surface area (Å²) < 4.78 is 12.0. The lowest BCUT2D eigenvalue weighted by molar-refractivity contribution is -0.191. The fourth-order valence-electron chi connectivity index (χ4n) is 8.39. The van der Waals surface area contributed by atoms with Gasteiger partial charge < -0.3 is 29.9 Å². The van der Waals surface area contributed by atoms with E-state index in [1.54, 1.807) is 0 Å². The molecule has 2 saturated carbocycles. The summed E-state index contributed by atoms with van der Waals surface area (Å²) in [6.45, 7) is 8.37. The minimum absolute atomic E-state index is 0.00906. The number of carbonyl (C=O) groups excluding carboxylic acids is 1. The van der Waals surface area contributed by atoms with E-state index in [4.69, 9.17) is 9.47 Å². The van der Waals surface area contributed by atoms with Gasteiger partial charge in [-0.3, -0.25) is 4.79 Å². The molecule has 6 rings (SSSR count). The van der Waals surface area contributed by atoms with Gasteiger partial charge in [0.1, 0.15) is 0 Å². The molecule has 4 aliphatic carbocycles. The van der Waals surface area contributed by atoms with E-state index in [1.807, 2.05) is 0 Å². The highest BCUT2D eigenvalue weighted by Gasteiger charge is 2.80. The van der Waals surface area contributed by atoms with Crippen molar-refractivity contribution in [1.82, 2.24) is 0 Å². The van der Waals surface area contributed by atoms with E-state index in [-0.39, 0.29) is 17.8 Å². The Bertz CT molecular complexity index is 983. The molecule has 2 saturated heterocycles. The molecule has 0 radical (unpaired) electrons. The number of Topliss-reactive ketones (excluding diaryl/α,β-unsaturated/α-hetero) is 1. The van der Waals surface area contributed by atoms with E-state index < -0.39 is 59.2 Å². The van der Waals surface area contributed by atoms with Crippen LogP contribution in [0.1, 0.15) is 59.8 Å². The molecule has 0 amide bonds. The van der Waals surface area contributed by atoms with Crippen LogP contribution in [0.2, 0.25) is 0 Å². The third-order valence-corrected chi connectivity index (χ3v) is 10.1. The first-order valence-electron chi connectivity index (χ1n) is 12.0. The summed E-state index contributed by atoms with van der Waals surface area (Å²) in [7, 11) is 0. The summed E-state index contributed by atoms with van der Waals surface area (Å²) in [6, 6.07) is 0. The first-order chi connectivity index (χ1) is 14.9. The summed E-state index contributed by atoms with van der Waals surface area (Å²) >= 11 is 0. The van der Waals surface area contributed by atoms with Gasteiger partial charge in [0.2, 0.25) is 5.78 Å². The van der Waals surface area contributed by atoms with Crippen molar-refractivity contribution in [3.8, 4) is 0 Å². The minimum atomic E-state index is -2.25. The number of ether oxygens (including phenoxy) is 2. The maximum Gasteiger partial charge on any atom is 0.234 e. The van der Waals surface area contributed by atoms with Crippen LogP contribution in [-0.2, 0) is 14.3 Å². The van der Waals surface area contributed by atoms with E-state index in [0.29, 0.717) is 11.5 Å². The molecule has 2 heterocycles. The summed E-state index contributed by atoms with van der Waals surface area (Å²) in [5.74, 6) is -2.15. The number of rotatable bonds is 1. The third kappa shape index (κ3) is 2.10. The van der Waals surface area contributed by atoms with Gasteiger partial charge in [-0.15, -0.1) is 0 Å². The van der Waals surface area contributed by atoms with Crippen LogP contribution in [0.3, 0.4) is 0 Å². The molecule has 0 spiro atoms. The van der Waals surface area contributed by atoms with Crippen LogP contribution in [0, 0.1) is 28.6 Å². The normalized spacial score (nSPS) is 54.1. The zero-order chi connectivity index (χ0) is 23.0. The number of hydrogen-bond acceptors (Lipinski definition) is 7. The molecule has 4 fully saturated rings. The van der Waals surface area contributed by atoms with Gasteiger partial charge in [0, 0.05) is 17.3 Å². The zero-order valence-electron chi connectivity index (χ0n) is 19.2. The molecule has 7 nitrogen and oxygen atoms in total. The molecule has 32 heavy (non-hydrogen) atoms. The van der Waals surface area contributed by atoms with Crippen LogP contribution in [0.15, 0.2) is 22.5 Å². The Morgan fingerprint density at radius 3 is 2.50 bits per heavy atom. The van der Waals surface area contributed by atoms with Crippen LogP contribution >= 0.6 is 0 Å². The van der Waals surface area contributed by atoms with E-state index in [2.05, 4.69) is 27.7 Å². The van der Waals surface area contributed by atoms with Gasteiger partial charge in [0.25, 0.3) is 0 Å². The largest absolute Gasteiger partial charge is 0.504 e. The summed E-state index contributed by atoms with van der Waals surface area (Å²) in [5.41, 5.74) is -1.75. The molecule has 6 aliphatic rings. The Balaban J connectivity index is 1.59. The first kappa shape index (κ1) is 21.3. The van der Waals surface area contributed by atoms with Gasteiger partial charge in [-0.25, -0.2) is 0 Å². The van der Waals surface area contributed by atoms with Crippen molar-refractivity contribution in [2.45, 2.75) is 89.5 Å². The molecule has 9 unspecified atom stereocenters. The van der Waals surface area contributed by atoms with Crippen molar-refractivity contribution in [2.24, 2.45) is 28.6 Å². The lowest BCUT2D eigenvalue weighted by Gasteiger charge is -2.53. The van der Waals surface area contributed by atoms with Crippen molar-refractivity contribution < 1.29 is 34.7 Å². The average Bonchev–Trinajstić information content (AvgIpc) is 3.30. The number of aliphatic hydroxyl groups excluding tert-OH is 2. The highest BCUT2D eigenvalue weighted by atomic mass is 16.7. The quantitative estimate of drug-likeness (QED) is 0.456. The van der Waals surface area contributed by atoms with Gasteiger partial charge in [-0.05, 0) is 49.0 Å². The number of allylic oxidation sites excluding steroid dienone is 1. The average molecular weight is 447 g/mol. The van der Waals surface area contributed by atoms with Crippen molar-refractivity contribution in [1.29, 1.82) is 0 Å². The molecule has 7 heteroatoms. The second-order valence-corrected chi connectivity index (χ2v) is 12.0. The van der Waals surface area contributed by atoms with Crippen molar-refractivity contribution in [3.05, 3.63) is 22.5 Å². The number of hydrogen-bond donors (Lipinski definition) is 4. The lowest BCUT2D eigenvalue weighted by Crippen LogP contribution is -2.67. The fraction of sp³-hybridized carbons (Fsp3) is 0.800. The first-order valence-corrected chi connectivity index (χ1v) is 12.0. The smallest absolute Gasteiger partial charge is 0.234 e. The van der Waals surface area contributed by atoms with Crippen LogP contribution in [0.4, 0.5) is 0 Å². The number of carbonyl (C=O) groups is 1. The lowest BCUT2D eigenvalue weighted by atomic mass is 9.52. The van der Waals surface area contributed by atoms with E-state index in [1.165, 1.54) is 11.1 Å². The summed E-state index contributed by atoms with van der Waals surface area (Å²) in [4.78, 5) is 13.0. The van der Waals surface area contributed by atoms with Crippen LogP contribution < -0.4 is 0 Å². The maximum absolute atomic E-state index is 13.0. The number of aliphatic hydroxyl groups is 4. The number of fused-ring (bicyclic) bond motifs is 4. The van der Waals surface area contributed by atoms with Gasteiger partial charge in [-0.1, -0.05) is 38.8 Å². The van der Waals surface area contributed by atoms with Crippen molar-refractivity contribution in [3.63, 3.8) is 0 Å². The van der Waals surface area contributed by atoms with Crippen LogP contribution in [0.25, 0.3) is 0 Å². The van der Waals surface area contributed by atoms with Gasteiger partial charge >= 0.3 is 0 Å². The second-order valence-electron chi connectivity index (χ2n) is 12.0. The molecule has 0 aromatic carbocycles. The van der Waals surface area contributed by atoms with Gasteiger partial charge in [-0.2, -0.15) is 0 Å². The van der Waals surface area contributed by atoms with E-state index in [0.717, 1.165) is 25.7 Å². The standard InChI is InChI=1S/C25H34O7/c1-11(2)12-5-6-22(3)7-8-23(4)17(15(12)22)14(26)9-13-16-20(23)32-21-25(16,30)24(29,10-31-21)19(28)18(13)27/h11,14,16-17,20-21,26-27,29-30H,5-10H2,1-4H3. The number of ketones is 1. The Labute approximate surface area is 188 Å². The van der Waals surface area contributed by atoms with Gasteiger partial charge in [0.05, 0.1) is 18.8 Å². The molecule has 2 aliphatic heterocycles. The second kappa shape index (κ2) is 6.05. The van der Waals surface area contributed by atoms with Crippen LogP contribution in [0.5, 0.6) is 0 Å². The molecule has 0 bridgehead atoms. The van der Waals surface area contributed by atoms with Gasteiger partial charge in [0.15, 0.2) is 23.3 Å². The third-order valence-electron chi connectivity index (χ3n) is 10.1. The summed E-state index contributed by atoms with van der Waals surface area (Å²) in [6.07, 6.45) is 1.31. The highest BCUT2D eigenvalue weighted by molar-refractivity contribution is 6.03. The Hall–Kier alpha value is -1.25. The topological polar surface area (TPSA) is 116 Å². The molecule has 4 N–H and O–H groups in total. The van der Waals surface area contributed by atoms with E-state index in [9.17, 15) is 25.2 Å². The molecular weight excluding hydrogens is 412 g/mol. The highest BCUT2D eigenvalue weighted by Crippen LogP contribution is 2.69. The predicted octanol–water partition coefficient (Wildman–Crippen LogP) is 2.15. The van der Waals surface area contributed by atoms with Crippen molar-refractivity contribution >= 4 is 5.78 Å². The molecule has 176 valence electrons. The molecule has 0 aromatic rings. The maximum atomic E-state index is 13.0. The SMILES string of the molecule is CC(C)C1=C2C3C(O)CC4=C(O)C(=O)C5(O)COC6OC(C4C65O)C3(C)CCC2(C)CC1. The summed E-state index contributed by atoms with van der Waals surface area (Å²) in [5, 5.41) is 45.6.